The quantitative estimate of drug-likeness (QED) is 0.283. The van der Waals surface area contributed by atoms with Crippen LogP contribution in [-0.4, -0.2) is 20.4 Å². The van der Waals surface area contributed by atoms with Crippen LogP contribution in [0.4, 0.5) is 0 Å². The molecule has 0 N–H and O–H groups in total. The van der Waals surface area contributed by atoms with Crippen molar-refractivity contribution in [2.24, 2.45) is 5.10 Å². The number of fused-ring (bicyclic) bond motifs is 1. The van der Waals surface area contributed by atoms with Gasteiger partial charge in [-0.25, -0.2) is 4.98 Å². The fraction of sp³-hybridized carbons (Fsp3) is 0.240. The van der Waals surface area contributed by atoms with E-state index in [0.717, 1.165) is 33.5 Å². The highest BCUT2D eigenvalue weighted by molar-refractivity contribution is 9.10. The largest absolute Gasteiger partial charge is 0.316 e. The molecule has 0 aliphatic heterocycles. The molecule has 0 bridgehead atoms. The monoisotopic (exact) mass is 510 g/mol. The molecule has 0 saturated heterocycles. The van der Waals surface area contributed by atoms with Gasteiger partial charge in [-0.1, -0.05) is 53.5 Å². The first-order valence-electron chi connectivity index (χ1n) is 10.5. The van der Waals surface area contributed by atoms with Crippen LogP contribution in [0.1, 0.15) is 49.0 Å². The van der Waals surface area contributed by atoms with Crippen LogP contribution in [0.15, 0.2) is 62.9 Å². The number of aromatic nitrogens is 3. The second kappa shape index (κ2) is 9.04. The Morgan fingerprint density at radius 1 is 1.19 bits per heavy atom. The average Bonchev–Trinajstić information content (AvgIpc) is 3.06. The predicted octanol–water partition coefficient (Wildman–Crippen LogP) is 6.62. The van der Waals surface area contributed by atoms with E-state index in [1.165, 1.54) is 4.68 Å². The Labute approximate surface area is 200 Å². The fourth-order valence-electron chi connectivity index (χ4n) is 3.82. The van der Waals surface area contributed by atoms with Crippen LogP contribution in [0.25, 0.3) is 16.6 Å². The first kappa shape index (κ1) is 22.5. The Balaban J connectivity index is 1.86. The van der Waals surface area contributed by atoms with Crippen molar-refractivity contribution in [1.29, 1.82) is 0 Å². The zero-order valence-corrected chi connectivity index (χ0v) is 20.8. The first-order chi connectivity index (χ1) is 15.3. The lowest BCUT2D eigenvalue weighted by Gasteiger charge is -2.14. The lowest BCUT2D eigenvalue weighted by atomic mass is 10.1. The SMILES string of the molecule is CC[C@@H](C)c1nc2ccc(Br)cc2c(=O)n1N=Cc1cc(C)n(-c2ccccc2Cl)c1C. The summed E-state index contributed by atoms with van der Waals surface area (Å²) >= 11 is 9.88. The molecule has 0 fully saturated rings. The Kier molecular flexibility index (Phi) is 6.35. The van der Waals surface area contributed by atoms with Crippen LogP contribution < -0.4 is 5.56 Å². The highest BCUT2D eigenvalue weighted by atomic mass is 79.9. The lowest BCUT2D eigenvalue weighted by Crippen LogP contribution is -2.23. The maximum atomic E-state index is 13.3. The molecule has 4 rings (SSSR count). The van der Waals surface area contributed by atoms with E-state index >= 15 is 0 Å². The van der Waals surface area contributed by atoms with E-state index in [1.807, 2.05) is 56.3 Å². The average molecular weight is 512 g/mol. The zero-order valence-electron chi connectivity index (χ0n) is 18.4. The third-order valence-corrected chi connectivity index (χ3v) is 6.58. The van der Waals surface area contributed by atoms with Crippen LogP contribution in [0.3, 0.4) is 0 Å². The van der Waals surface area contributed by atoms with E-state index in [0.29, 0.717) is 21.7 Å². The lowest BCUT2D eigenvalue weighted by molar-refractivity contribution is 0.613. The number of hydrogen-bond donors (Lipinski definition) is 0. The third kappa shape index (κ3) is 4.05. The first-order valence-corrected chi connectivity index (χ1v) is 11.7. The molecule has 2 aromatic carbocycles. The molecule has 0 unspecified atom stereocenters. The summed E-state index contributed by atoms with van der Waals surface area (Å²) in [6, 6.07) is 15.3. The summed E-state index contributed by atoms with van der Waals surface area (Å²) in [5, 5.41) is 5.82. The minimum atomic E-state index is -0.178. The molecule has 7 heteroatoms. The fourth-order valence-corrected chi connectivity index (χ4v) is 4.40. The molecule has 0 spiro atoms. The Morgan fingerprint density at radius 2 is 1.94 bits per heavy atom. The highest BCUT2D eigenvalue weighted by Crippen LogP contribution is 2.26. The summed E-state index contributed by atoms with van der Waals surface area (Å²) < 4.78 is 4.36. The minimum absolute atomic E-state index is 0.0865. The van der Waals surface area contributed by atoms with E-state index in [4.69, 9.17) is 16.6 Å². The summed E-state index contributed by atoms with van der Waals surface area (Å²) in [6.07, 6.45) is 2.58. The molecule has 0 aliphatic rings. The number of halogens is 2. The second-order valence-electron chi connectivity index (χ2n) is 7.92. The summed E-state index contributed by atoms with van der Waals surface area (Å²) in [7, 11) is 0. The van der Waals surface area contributed by atoms with Gasteiger partial charge in [0.15, 0.2) is 0 Å². The Hall–Kier alpha value is -2.70. The number of nitrogens with zero attached hydrogens (tertiary/aromatic N) is 4. The molecule has 0 amide bonds. The molecule has 2 aromatic heterocycles. The molecular weight excluding hydrogens is 488 g/mol. The zero-order chi connectivity index (χ0) is 23.0. The van der Waals surface area contributed by atoms with Crippen LogP contribution in [-0.2, 0) is 0 Å². The van der Waals surface area contributed by atoms with E-state index in [9.17, 15) is 4.79 Å². The molecule has 32 heavy (non-hydrogen) atoms. The number of benzene rings is 2. The molecule has 5 nitrogen and oxygen atoms in total. The van der Waals surface area contributed by atoms with Crippen molar-refractivity contribution in [2.75, 3.05) is 0 Å². The van der Waals surface area contributed by atoms with Gasteiger partial charge in [-0.2, -0.15) is 9.78 Å². The normalized spacial score (nSPS) is 12.7. The van der Waals surface area contributed by atoms with Crippen molar-refractivity contribution in [3.63, 3.8) is 0 Å². The van der Waals surface area contributed by atoms with Crippen molar-refractivity contribution in [2.45, 2.75) is 40.0 Å². The summed E-state index contributed by atoms with van der Waals surface area (Å²) in [5.41, 5.74) is 4.36. The van der Waals surface area contributed by atoms with Crippen molar-refractivity contribution in [1.82, 2.24) is 14.2 Å². The molecular formula is C25H24BrClN4O. The van der Waals surface area contributed by atoms with Gasteiger partial charge in [0.05, 0.1) is 27.8 Å². The summed E-state index contributed by atoms with van der Waals surface area (Å²) in [6.45, 7) is 8.18. The van der Waals surface area contributed by atoms with Crippen LogP contribution in [0.5, 0.6) is 0 Å². The number of rotatable bonds is 5. The van der Waals surface area contributed by atoms with E-state index in [1.54, 1.807) is 12.3 Å². The van der Waals surface area contributed by atoms with Gasteiger partial charge >= 0.3 is 0 Å². The van der Waals surface area contributed by atoms with E-state index in [-0.39, 0.29) is 11.5 Å². The van der Waals surface area contributed by atoms with Gasteiger partial charge in [0.25, 0.3) is 5.56 Å². The maximum Gasteiger partial charge on any atom is 0.282 e. The molecule has 0 aliphatic carbocycles. The van der Waals surface area contributed by atoms with Gasteiger partial charge in [-0.05, 0) is 56.7 Å². The van der Waals surface area contributed by atoms with Crippen LogP contribution in [0.2, 0.25) is 5.02 Å². The Bertz CT molecular complexity index is 1400. The van der Waals surface area contributed by atoms with Gasteiger partial charge in [0.2, 0.25) is 0 Å². The van der Waals surface area contributed by atoms with Gasteiger partial charge in [0, 0.05) is 27.3 Å². The summed E-state index contributed by atoms with van der Waals surface area (Å²) in [5.74, 6) is 0.743. The molecule has 1 atom stereocenters. The number of aryl methyl sites for hydroxylation is 1. The molecule has 2 heterocycles. The van der Waals surface area contributed by atoms with Crippen molar-refractivity contribution < 1.29 is 0 Å². The predicted molar refractivity (Wildman–Crippen MR) is 136 cm³/mol. The van der Waals surface area contributed by atoms with Gasteiger partial charge in [-0.15, -0.1) is 0 Å². The molecule has 4 aromatic rings. The third-order valence-electron chi connectivity index (χ3n) is 5.76. The van der Waals surface area contributed by atoms with Crippen molar-refractivity contribution >= 4 is 44.6 Å². The second-order valence-corrected chi connectivity index (χ2v) is 9.24. The smallest absolute Gasteiger partial charge is 0.282 e. The van der Waals surface area contributed by atoms with E-state index < -0.39 is 0 Å². The summed E-state index contributed by atoms with van der Waals surface area (Å²) in [4.78, 5) is 18.1. The number of hydrogen-bond acceptors (Lipinski definition) is 3. The van der Waals surface area contributed by atoms with Crippen molar-refractivity contribution in [3.8, 4) is 5.69 Å². The molecule has 0 radical (unpaired) electrons. The van der Waals surface area contributed by atoms with E-state index in [2.05, 4.69) is 39.4 Å². The van der Waals surface area contributed by atoms with Crippen molar-refractivity contribution in [3.05, 3.63) is 91.2 Å². The highest BCUT2D eigenvalue weighted by Gasteiger charge is 2.16. The van der Waals surface area contributed by atoms with Crippen LogP contribution >= 0.6 is 27.5 Å². The van der Waals surface area contributed by atoms with Gasteiger partial charge in [0.1, 0.15) is 5.82 Å². The van der Waals surface area contributed by atoms with Gasteiger partial charge in [-0.3, -0.25) is 4.79 Å². The molecule has 0 saturated carbocycles. The van der Waals surface area contributed by atoms with Gasteiger partial charge < -0.3 is 4.57 Å². The topological polar surface area (TPSA) is 52.2 Å². The Morgan fingerprint density at radius 3 is 2.66 bits per heavy atom. The molecule has 164 valence electrons. The maximum absolute atomic E-state index is 13.3. The standard InChI is InChI=1S/C25H24BrClN4O/c1-5-15(2)24-29-22-11-10-19(26)13-20(22)25(32)31(24)28-14-18-12-16(3)30(17(18)4)23-9-7-6-8-21(23)27/h6-15H,5H2,1-4H3/t15-/m1/s1. The minimum Gasteiger partial charge on any atom is -0.316 e. The van der Waals surface area contributed by atoms with Crippen LogP contribution in [0, 0.1) is 13.8 Å². The number of para-hydroxylation sites is 1.